The number of ether oxygens (including phenoxy) is 1. The molecule has 0 amide bonds. The fourth-order valence-corrected chi connectivity index (χ4v) is 1.35. The van der Waals surface area contributed by atoms with E-state index >= 15 is 0 Å². The molecule has 7 nitrogen and oxygen atoms in total. The minimum Gasteiger partial charge on any atom is -0.478 e. The third kappa shape index (κ3) is 3.85. The van der Waals surface area contributed by atoms with E-state index in [1.54, 1.807) is 0 Å². The van der Waals surface area contributed by atoms with Crippen LogP contribution in [0.1, 0.15) is 12.5 Å². The fourth-order valence-electron chi connectivity index (χ4n) is 1.35. The summed E-state index contributed by atoms with van der Waals surface area (Å²) in [4.78, 5) is 31.4. The molecule has 0 aliphatic carbocycles. The molecular weight excluding hydrogens is 242 g/mol. The summed E-state index contributed by atoms with van der Waals surface area (Å²) in [6.45, 7) is 1.12. The molecule has 0 unspecified atom stereocenters. The van der Waals surface area contributed by atoms with Gasteiger partial charge in [0.15, 0.2) is 0 Å². The van der Waals surface area contributed by atoms with E-state index < -0.39 is 23.0 Å². The van der Waals surface area contributed by atoms with Crippen molar-refractivity contribution in [3.63, 3.8) is 0 Å². The lowest BCUT2D eigenvalue weighted by molar-refractivity contribution is -0.384. The first kappa shape index (κ1) is 13.6. The number of aliphatic carboxylic acids is 1. The van der Waals surface area contributed by atoms with Crippen LogP contribution in [-0.2, 0) is 20.7 Å². The van der Waals surface area contributed by atoms with Gasteiger partial charge in [0, 0.05) is 25.5 Å². The van der Waals surface area contributed by atoms with Gasteiger partial charge in [-0.25, -0.2) is 4.79 Å². The summed E-state index contributed by atoms with van der Waals surface area (Å²) in [5.41, 5.74) is 0.451. The number of esters is 1. The Morgan fingerprint density at radius 2 is 1.94 bits per heavy atom. The fraction of sp³-hybridized carbons (Fsp3) is 0.273. The van der Waals surface area contributed by atoms with Gasteiger partial charge in [0.1, 0.15) is 0 Å². The molecule has 1 N–H and O–H groups in total. The van der Waals surface area contributed by atoms with Crippen LogP contribution >= 0.6 is 0 Å². The second-order valence-corrected chi connectivity index (χ2v) is 3.56. The highest BCUT2D eigenvalue weighted by atomic mass is 16.6. The number of benzene rings is 1. The van der Waals surface area contributed by atoms with Crippen LogP contribution in [0.4, 0.5) is 5.69 Å². The Hall–Kier alpha value is -2.44. The molecule has 7 heteroatoms. The van der Waals surface area contributed by atoms with Crippen molar-refractivity contribution in [1.29, 1.82) is 0 Å². The zero-order valence-electron chi connectivity index (χ0n) is 9.53. The van der Waals surface area contributed by atoms with Gasteiger partial charge >= 0.3 is 11.9 Å². The predicted molar refractivity (Wildman–Crippen MR) is 60.0 cm³/mol. The van der Waals surface area contributed by atoms with Gasteiger partial charge in [0.2, 0.25) is 6.10 Å². The molecule has 0 aliphatic rings. The maximum atomic E-state index is 10.8. The topological polar surface area (TPSA) is 107 Å². The van der Waals surface area contributed by atoms with Crippen LogP contribution in [0.15, 0.2) is 24.3 Å². The Morgan fingerprint density at radius 1 is 1.39 bits per heavy atom. The van der Waals surface area contributed by atoms with Crippen molar-refractivity contribution in [2.45, 2.75) is 19.4 Å². The zero-order chi connectivity index (χ0) is 13.7. The normalized spacial score (nSPS) is 11.6. The van der Waals surface area contributed by atoms with E-state index in [2.05, 4.69) is 4.74 Å². The molecule has 0 heterocycles. The molecule has 0 saturated carbocycles. The number of nitro groups is 1. The molecule has 0 radical (unpaired) electrons. The van der Waals surface area contributed by atoms with Crippen molar-refractivity contribution >= 4 is 17.6 Å². The van der Waals surface area contributed by atoms with E-state index in [1.807, 2.05) is 0 Å². The maximum absolute atomic E-state index is 10.8. The quantitative estimate of drug-likeness (QED) is 0.479. The summed E-state index contributed by atoms with van der Waals surface area (Å²) in [6.07, 6.45) is -1.32. The highest BCUT2D eigenvalue weighted by Crippen LogP contribution is 2.14. The Balaban J connectivity index is 2.78. The van der Waals surface area contributed by atoms with Gasteiger partial charge in [-0.05, 0) is 5.56 Å². The summed E-state index contributed by atoms with van der Waals surface area (Å²) in [6, 6.07) is 5.39. The average molecular weight is 253 g/mol. The standard InChI is InChI=1S/C11H11NO6/c1-7(13)18-10(11(14)15)6-8-2-4-9(5-3-8)12(16)17/h2-5,10H,6H2,1H3,(H,14,15)/t10-/m1/s1. The monoisotopic (exact) mass is 253 g/mol. The predicted octanol–water partition coefficient (Wildman–Crippen LogP) is 1.15. The summed E-state index contributed by atoms with van der Waals surface area (Å²) >= 11 is 0. The molecule has 1 rings (SSSR count). The van der Waals surface area contributed by atoms with Crippen molar-refractivity contribution in [3.8, 4) is 0 Å². The van der Waals surface area contributed by atoms with Crippen molar-refractivity contribution in [2.75, 3.05) is 0 Å². The van der Waals surface area contributed by atoms with Crippen LogP contribution in [-0.4, -0.2) is 28.1 Å². The minimum atomic E-state index is -1.29. The summed E-state index contributed by atoms with van der Waals surface area (Å²) in [5, 5.41) is 19.3. The Labute approximate surface area is 102 Å². The van der Waals surface area contributed by atoms with Crippen LogP contribution in [0.5, 0.6) is 0 Å². The number of hydrogen-bond donors (Lipinski definition) is 1. The molecule has 1 aromatic rings. The van der Waals surface area contributed by atoms with Gasteiger partial charge in [-0.2, -0.15) is 0 Å². The highest BCUT2D eigenvalue weighted by Gasteiger charge is 2.21. The molecule has 0 saturated heterocycles. The number of carboxylic acid groups (broad SMARTS) is 1. The molecule has 0 aliphatic heterocycles. The van der Waals surface area contributed by atoms with Crippen LogP contribution < -0.4 is 0 Å². The van der Waals surface area contributed by atoms with Gasteiger partial charge in [0.05, 0.1) is 4.92 Å². The molecule has 0 bridgehead atoms. The Morgan fingerprint density at radius 3 is 2.33 bits per heavy atom. The number of non-ortho nitro benzene ring substituents is 1. The van der Waals surface area contributed by atoms with Crippen molar-refractivity contribution in [1.82, 2.24) is 0 Å². The van der Waals surface area contributed by atoms with Gasteiger partial charge in [-0.15, -0.1) is 0 Å². The first-order valence-electron chi connectivity index (χ1n) is 5.03. The van der Waals surface area contributed by atoms with E-state index in [1.165, 1.54) is 24.3 Å². The lowest BCUT2D eigenvalue weighted by atomic mass is 10.1. The SMILES string of the molecule is CC(=O)O[C@H](Cc1ccc([N+](=O)[O-])cc1)C(=O)O. The number of nitrogens with zero attached hydrogens (tertiary/aromatic N) is 1. The second kappa shape index (κ2) is 5.76. The number of hydrogen-bond acceptors (Lipinski definition) is 5. The van der Waals surface area contributed by atoms with E-state index in [0.717, 1.165) is 6.92 Å². The first-order valence-corrected chi connectivity index (χ1v) is 5.03. The van der Waals surface area contributed by atoms with Crippen LogP contribution in [0, 0.1) is 10.1 Å². The van der Waals surface area contributed by atoms with E-state index in [9.17, 15) is 19.7 Å². The molecule has 1 aromatic carbocycles. The Kier molecular flexibility index (Phi) is 4.36. The third-order valence-corrected chi connectivity index (χ3v) is 2.15. The summed E-state index contributed by atoms with van der Waals surface area (Å²) in [7, 11) is 0. The van der Waals surface area contributed by atoms with Gasteiger partial charge in [0.25, 0.3) is 5.69 Å². The van der Waals surface area contributed by atoms with Crippen LogP contribution in [0.2, 0.25) is 0 Å². The van der Waals surface area contributed by atoms with Crippen LogP contribution in [0.3, 0.4) is 0 Å². The molecule has 18 heavy (non-hydrogen) atoms. The van der Waals surface area contributed by atoms with E-state index in [-0.39, 0.29) is 12.1 Å². The molecular formula is C11H11NO6. The largest absolute Gasteiger partial charge is 0.478 e. The number of carbonyl (C=O) groups is 2. The highest BCUT2D eigenvalue weighted by molar-refractivity contribution is 5.77. The maximum Gasteiger partial charge on any atom is 0.345 e. The number of nitro benzene ring substituents is 1. The van der Waals surface area contributed by atoms with E-state index in [0.29, 0.717) is 5.56 Å². The number of carboxylic acids is 1. The summed E-state index contributed by atoms with van der Waals surface area (Å²) in [5.74, 6) is -1.95. The van der Waals surface area contributed by atoms with Crippen molar-refractivity contribution < 1.29 is 24.4 Å². The number of rotatable bonds is 5. The summed E-state index contributed by atoms with van der Waals surface area (Å²) < 4.78 is 4.62. The first-order chi connectivity index (χ1) is 8.40. The van der Waals surface area contributed by atoms with Crippen LogP contribution in [0.25, 0.3) is 0 Å². The van der Waals surface area contributed by atoms with E-state index in [4.69, 9.17) is 5.11 Å². The van der Waals surface area contributed by atoms with Gasteiger partial charge in [-0.3, -0.25) is 14.9 Å². The average Bonchev–Trinajstić information content (AvgIpc) is 2.28. The van der Waals surface area contributed by atoms with Crippen molar-refractivity contribution in [2.24, 2.45) is 0 Å². The lowest BCUT2D eigenvalue weighted by Crippen LogP contribution is -2.28. The lowest BCUT2D eigenvalue weighted by Gasteiger charge is -2.12. The van der Waals surface area contributed by atoms with Crippen molar-refractivity contribution in [3.05, 3.63) is 39.9 Å². The van der Waals surface area contributed by atoms with Gasteiger partial charge < -0.3 is 9.84 Å². The zero-order valence-corrected chi connectivity index (χ0v) is 9.53. The molecule has 96 valence electrons. The molecule has 0 aromatic heterocycles. The second-order valence-electron chi connectivity index (χ2n) is 3.56. The third-order valence-electron chi connectivity index (χ3n) is 2.15. The van der Waals surface area contributed by atoms with Gasteiger partial charge in [-0.1, -0.05) is 12.1 Å². The molecule has 1 atom stereocenters. The Bertz CT molecular complexity index is 467. The number of carbonyl (C=O) groups excluding carboxylic acids is 1. The molecule has 0 fully saturated rings. The molecule has 0 spiro atoms. The smallest absolute Gasteiger partial charge is 0.345 e. The minimum absolute atomic E-state index is 0.0348.